The zero-order valence-electron chi connectivity index (χ0n) is 12.7. The molecule has 2 aromatic rings. The molecule has 0 radical (unpaired) electrons. The third-order valence-electron chi connectivity index (χ3n) is 2.98. The fraction of sp³-hybridized carbons (Fsp3) is 0.188. The number of hydrazone groups is 1. The first-order chi connectivity index (χ1) is 10.6. The van der Waals surface area contributed by atoms with Gasteiger partial charge < -0.3 is 9.47 Å². The van der Waals surface area contributed by atoms with Crippen molar-refractivity contribution in [1.29, 1.82) is 0 Å². The molecule has 6 heteroatoms. The van der Waals surface area contributed by atoms with Crippen LogP contribution in [0.4, 0.5) is 0 Å². The van der Waals surface area contributed by atoms with E-state index < -0.39 is 0 Å². The second-order valence-corrected chi connectivity index (χ2v) is 4.50. The Morgan fingerprint density at radius 1 is 1.23 bits per heavy atom. The number of ether oxygens (including phenoxy) is 2. The van der Waals surface area contributed by atoms with Gasteiger partial charge >= 0.3 is 0 Å². The molecule has 0 aliphatic carbocycles. The molecule has 0 fully saturated rings. The largest absolute Gasteiger partial charge is 0.497 e. The van der Waals surface area contributed by atoms with Gasteiger partial charge in [-0.15, -0.1) is 0 Å². The molecule has 1 heterocycles. The Morgan fingerprint density at radius 3 is 2.68 bits per heavy atom. The Morgan fingerprint density at radius 2 is 2.05 bits per heavy atom. The Labute approximate surface area is 128 Å². The molecule has 6 nitrogen and oxygen atoms in total. The molecule has 114 valence electrons. The lowest BCUT2D eigenvalue weighted by Gasteiger charge is -2.06. The van der Waals surface area contributed by atoms with E-state index in [0.29, 0.717) is 17.1 Å². The summed E-state index contributed by atoms with van der Waals surface area (Å²) in [7, 11) is 3.14. The molecule has 0 saturated heterocycles. The highest BCUT2D eigenvalue weighted by Gasteiger charge is 2.05. The molecular formula is C16H17N3O3. The number of aryl methyl sites for hydroxylation is 1. The average molecular weight is 299 g/mol. The topological polar surface area (TPSA) is 72.8 Å². The van der Waals surface area contributed by atoms with E-state index in [2.05, 4.69) is 15.5 Å². The lowest BCUT2D eigenvalue weighted by molar-refractivity contribution is 0.0954. The highest BCUT2D eigenvalue weighted by molar-refractivity contribution is 5.94. The molecule has 1 aromatic heterocycles. The lowest BCUT2D eigenvalue weighted by Crippen LogP contribution is -2.17. The van der Waals surface area contributed by atoms with Crippen molar-refractivity contribution in [2.75, 3.05) is 14.2 Å². The van der Waals surface area contributed by atoms with Crippen LogP contribution in [0.5, 0.6) is 11.5 Å². The van der Waals surface area contributed by atoms with Crippen LogP contribution < -0.4 is 14.9 Å². The zero-order valence-corrected chi connectivity index (χ0v) is 12.7. The first-order valence-electron chi connectivity index (χ1n) is 6.62. The predicted molar refractivity (Wildman–Crippen MR) is 83.6 cm³/mol. The number of carbonyl (C=O) groups excluding carboxylic acids is 1. The van der Waals surface area contributed by atoms with Crippen LogP contribution in [0.3, 0.4) is 0 Å². The van der Waals surface area contributed by atoms with E-state index in [1.54, 1.807) is 44.6 Å². The van der Waals surface area contributed by atoms with Crippen molar-refractivity contribution in [3.05, 3.63) is 53.3 Å². The predicted octanol–water partition coefficient (Wildman–Crippen LogP) is 2.17. The van der Waals surface area contributed by atoms with Crippen molar-refractivity contribution < 1.29 is 14.3 Å². The number of hydrogen-bond donors (Lipinski definition) is 1. The zero-order chi connectivity index (χ0) is 15.9. The fourth-order valence-corrected chi connectivity index (χ4v) is 1.75. The van der Waals surface area contributed by atoms with Crippen molar-refractivity contribution in [3.8, 4) is 11.5 Å². The van der Waals surface area contributed by atoms with Crippen molar-refractivity contribution in [2.45, 2.75) is 6.92 Å². The molecule has 1 N–H and O–H groups in total. The first-order valence-corrected chi connectivity index (χ1v) is 6.62. The molecule has 0 bridgehead atoms. The molecule has 1 aromatic carbocycles. The van der Waals surface area contributed by atoms with Gasteiger partial charge in [0.2, 0.25) is 0 Å². The van der Waals surface area contributed by atoms with Gasteiger partial charge in [0.25, 0.3) is 5.91 Å². The highest BCUT2D eigenvalue weighted by atomic mass is 16.5. The van der Waals surface area contributed by atoms with Crippen LogP contribution in [0.2, 0.25) is 0 Å². The van der Waals surface area contributed by atoms with Crippen molar-refractivity contribution in [2.24, 2.45) is 5.10 Å². The minimum atomic E-state index is -0.323. The summed E-state index contributed by atoms with van der Waals surface area (Å²) in [6, 6.07) is 8.79. The number of nitrogens with zero attached hydrogens (tertiary/aromatic N) is 2. The lowest BCUT2D eigenvalue weighted by atomic mass is 10.2. The van der Waals surface area contributed by atoms with Gasteiger partial charge in [-0.3, -0.25) is 9.78 Å². The smallest absolute Gasteiger partial charge is 0.272 e. The molecule has 0 aliphatic heterocycles. The van der Waals surface area contributed by atoms with Gasteiger partial charge in [0.1, 0.15) is 11.5 Å². The van der Waals surface area contributed by atoms with Crippen LogP contribution >= 0.6 is 0 Å². The van der Waals surface area contributed by atoms with Crippen molar-refractivity contribution >= 4 is 12.1 Å². The van der Waals surface area contributed by atoms with Crippen LogP contribution in [0.1, 0.15) is 21.6 Å². The van der Waals surface area contributed by atoms with Crippen molar-refractivity contribution in [1.82, 2.24) is 10.4 Å². The first kappa shape index (κ1) is 15.5. The number of aromatic nitrogens is 1. The van der Waals surface area contributed by atoms with Crippen LogP contribution in [-0.4, -0.2) is 31.3 Å². The normalized spacial score (nSPS) is 10.5. The summed E-state index contributed by atoms with van der Waals surface area (Å²) < 4.78 is 10.4. The van der Waals surface area contributed by atoms with E-state index in [1.807, 2.05) is 6.92 Å². The van der Waals surface area contributed by atoms with Crippen LogP contribution in [0.15, 0.2) is 41.6 Å². The fourth-order valence-electron chi connectivity index (χ4n) is 1.75. The van der Waals surface area contributed by atoms with Gasteiger partial charge in [-0.25, -0.2) is 5.43 Å². The monoisotopic (exact) mass is 299 g/mol. The molecule has 0 unspecified atom stereocenters. The summed E-state index contributed by atoms with van der Waals surface area (Å²) in [6.07, 6.45) is 3.02. The number of methoxy groups -OCH3 is 2. The second kappa shape index (κ2) is 7.21. The molecule has 1 amide bonds. The number of amides is 1. The second-order valence-electron chi connectivity index (χ2n) is 4.50. The maximum atomic E-state index is 11.9. The van der Waals surface area contributed by atoms with Gasteiger partial charge in [0.05, 0.1) is 26.0 Å². The average Bonchev–Trinajstić information content (AvgIpc) is 2.55. The summed E-state index contributed by atoms with van der Waals surface area (Å²) in [5.74, 6) is 0.967. The third kappa shape index (κ3) is 3.82. The molecular weight excluding hydrogens is 282 g/mol. The number of carbonyl (C=O) groups is 1. The third-order valence-corrected chi connectivity index (χ3v) is 2.98. The summed E-state index contributed by atoms with van der Waals surface area (Å²) in [5.41, 5.74) is 4.48. The van der Waals surface area contributed by atoms with Gasteiger partial charge in [-0.1, -0.05) is 0 Å². The molecule has 0 atom stereocenters. The molecule has 0 aliphatic rings. The summed E-state index contributed by atoms with van der Waals surface area (Å²) >= 11 is 0. The van der Waals surface area contributed by atoms with Gasteiger partial charge in [-0.2, -0.15) is 5.10 Å². The minimum absolute atomic E-state index is 0.323. The Balaban J connectivity index is 2.06. The molecule has 2 rings (SSSR count). The number of pyridine rings is 1. The maximum absolute atomic E-state index is 11.9. The Kier molecular flexibility index (Phi) is 5.08. The summed E-state index contributed by atoms with van der Waals surface area (Å²) in [5, 5.41) is 3.93. The number of benzene rings is 1. The van der Waals surface area contributed by atoms with Crippen LogP contribution in [-0.2, 0) is 0 Å². The van der Waals surface area contributed by atoms with Crippen molar-refractivity contribution in [3.63, 3.8) is 0 Å². The maximum Gasteiger partial charge on any atom is 0.272 e. The van der Waals surface area contributed by atoms with E-state index >= 15 is 0 Å². The summed E-state index contributed by atoms with van der Waals surface area (Å²) in [4.78, 5) is 16.0. The summed E-state index contributed by atoms with van der Waals surface area (Å²) in [6.45, 7) is 1.86. The standard InChI is InChI=1S/C16H17N3O3/c1-11-4-5-13(9-17-11)16(20)19-18-10-12-6-7-14(21-2)8-15(12)22-3/h4-10H,1-3H3,(H,19,20)/b18-10-. The van der Waals surface area contributed by atoms with Gasteiger partial charge in [-0.05, 0) is 31.2 Å². The van der Waals surface area contributed by atoms with Crippen LogP contribution in [0, 0.1) is 6.92 Å². The molecule has 22 heavy (non-hydrogen) atoms. The van der Waals surface area contributed by atoms with Gasteiger partial charge in [0, 0.05) is 23.5 Å². The molecule has 0 saturated carbocycles. The van der Waals surface area contributed by atoms with Crippen LogP contribution in [0.25, 0.3) is 0 Å². The van der Waals surface area contributed by atoms with E-state index in [9.17, 15) is 4.79 Å². The Hall–Kier alpha value is -2.89. The SMILES string of the molecule is COc1ccc(/C=N\NC(=O)c2ccc(C)nc2)c(OC)c1. The molecule has 0 spiro atoms. The minimum Gasteiger partial charge on any atom is -0.497 e. The number of rotatable bonds is 5. The van der Waals surface area contributed by atoms with E-state index in [0.717, 1.165) is 11.3 Å². The highest BCUT2D eigenvalue weighted by Crippen LogP contribution is 2.22. The quantitative estimate of drug-likeness (QED) is 0.678. The van der Waals surface area contributed by atoms with E-state index in [-0.39, 0.29) is 5.91 Å². The van der Waals surface area contributed by atoms with E-state index in [1.165, 1.54) is 12.4 Å². The van der Waals surface area contributed by atoms with Gasteiger partial charge in [0.15, 0.2) is 0 Å². The Bertz CT molecular complexity index is 682. The number of nitrogens with one attached hydrogen (secondary N) is 1. The number of hydrogen-bond acceptors (Lipinski definition) is 5. The van der Waals surface area contributed by atoms with E-state index in [4.69, 9.17) is 9.47 Å².